The Balaban J connectivity index is 2.12. The first-order valence-electron chi connectivity index (χ1n) is 4.57. The maximum absolute atomic E-state index is 11.0. The molecule has 1 unspecified atom stereocenters. The lowest BCUT2D eigenvalue weighted by Crippen LogP contribution is -2.30. The normalized spacial score (nSPS) is 18.1. The van der Waals surface area contributed by atoms with Crippen LogP contribution >= 0.6 is 11.3 Å². The number of aliphatic carboxylic acids is 1. The molecule has 1 fully saturated rings. The molecule has 0 bridgehead atoms. The third-order valence-electron chi connectivity index (χ3n) is 2.11. The van der Waals surface area contributed by atoms with E-state index in [0.717, 1.165) is 18.5 Å². The van der Waals surface area contributed by atoms with Crippen LogP contribution in [0.4, 0.5) is 0 Å². The molecule has 76 valence electrons. The summed E-state index contributed by atoms with van der Waals surface area (Å²) < 4.78 is 0. The fourth-order valence-electron chi connectivity index (χ4n) is 1.24. The Morgan fingerprint density at radius 3 is 2.93 bits per heavy atom. The van der Waals surface area contributed by atoms with Crippen LogP contribution in [0.25, 0.3) is 0 Å². The number of aromatic nitrogens is 1. The van der Waals surface area contributed by atoms with Crippen LogP contribution in [0.15, 0.2) is 5.38 Å². The van der Waals surface area contributed by atoms with E-state index < -0.39 is 12.0 Å². The molecule has 0 spiro atoms. The molecule has 0 amide bonds. The zero-order chi connectivity index (χ0) is 10.1. The Bertz CT molecular complexity index is 346. The Kier molecular flexibility index (Phi) is 2.52. The maximum Gasteiger partial charge on any atom is 0.327 e. The van der Waals surface area contributed by atoms with Crippen molar-refractivity contribution in [1.29, 1.82) is 0 Å². The monoisotopic (exact) mass is 212 g/mol. The number of carbonyl (C=O) groups is 1. The lowest BCUT2D eigenvalue weighted by Gasteiger charge is -2.10. The average molecular weight is 212 g/mol. The summed E-state index contributed by atoms with van der Waals surface area (Å²) in [5.74, 6) is -0.841. The summed E-state index contributed by atoms with van der Waals surface area (Å²) in [4.78, 5) is 15.2. The molecular weight excluding hydrogens is 200 g/mol. The molecular formula is C9H12N2O2S. The number of hydrogen-bond acceptors (Lipinski definition) is 4. The predicted octanol–water partition coefficient (Wildman–Crippen LogP) is 1.33. The van der Waals surface area contributed by atoms with Gasteiger partial charge < -0.3 is 5.11 Å². The predicted molar refractivity (Wildman–Crippen MR) is 53.4 cm³/mol. The third kappa shape index (κ3) is 2.10. The van der Waals surface area contributed by atoms with Crippen molar-refractivity contribution < 1.29 is 9.90 Å². The quantitative estimate of drug-likeness (QED) is 0.790. The molecule has 1 heterocycles. The van der Waals surface area contributed by atoms with E-state index in [9.17, 15) is 4.79 Å². The van der Waals surface area contributed by atoms with Crippen molar-refractivity contribution in [2.75, 3.05) is 0 Å². The average Bonchev–Trinajstić information content (AvgIpc) is 2.84. The Labute approximate surface area is 86.0 Å². The highest BCUT2D eigenvalue weighted by Crippen LogP contribution is 2.25. The van der Waals surface area contributed by atoms with Gasteiger partial charge in [0.05, 0.1) is 0 Å². The van der Waals surface area contributed by atoms with Crippen LogP contribution in [0.2, 0.25) is 0 Å². The van der Waals surface area contributed by atoms with Gasteiger partial charge in [0.2, 0.25) is 0 Å². The number of rotatable bonds is 4. The first kappa shape index (κ1) is 9.61. The lowest BCUT2D eigenvalue weighted by atomic mass is 10.3. The number of aryl methyl sites for hydroxylation is 1. The molecule has 1 aromatic heterocycles. The molecule has 0 aliphatic heterocycles. The van der Waals surface area contributed by atoms with Crippen molar-refractivity contribution in [2.45, 2.75) is 31.8 Å². The number of nitrogens with zero attached hydrogens (tertiary/aromatic N) is 1. The molecule has 1 aromatic rings. The molecule has 1 aliphatic carbocycles. The van der Waals surface area contributed by atoms with Crippen molar-refractivity contribution in [2.24, 2.45) is 0 Å². The summed E-state index contributed by atoms with van der Waals surface area (Å²) in [7, 11) is 0. The molecule has 0 radical (unpaired) electrons. The van der Waals surface area contributed by atoms with Crippen molar-refractivity contribution in [3.63, 3.8) is 0 Å². The topological polar surface area (TPSA) is 62.2 Å². The molecule has 0 aromatic carbocycles. The van der Waals surface area contributed by atoms with E-state index in [1.165, 1.54) is 11.3 Å². The molecule has 1 saturated carbocycles. The highest BCUT2D eigenvalue weighted by Gasteiger charge is 2.30. The van der Waals surface area contributed by atoms with Crippen LogP contribution in [0.3, 0.4) is 0 Å². The Morgan fingerprint density at radius 1 is 1.79 bits per heavy atom. The van der Waals surface area contributed by atoms with Crippen molar-refractivity contribution >= 4 is 17.3 Å². The van der Waals surface area contributed by atoms with E-state index in [2.05, 4.69) is 10.3 Å². The minimum Gasteiger partial charge on any atom is -0.480 e. The molecule has 1 aliphatic rings. The second-order valence-electron chi connectivity index (χ2n) is 3.54. The summed E-state index contributed by atoms with van der Waals surface area (Å²) in [6.07, 6.45) is 2.16. The molecule has 4 nitrogen and oxygen atoms in total. The maximum atomic E-state index is 11.0. The van der Waals surface area contributed by atoms with Crippen molar-refractivity contribution in [1.82, 2.24) is 10.3 Å². The fourth-order valence-corrected chi connectivity index (χ4v) is 2.08. The van der Waals surface area contributed by atoms with E-state index in [4.69, 9.17) is 5.11 Å². The van der Waals surface area contributed by atoms with Crippen LogP contribution in [0, 0.1) is 6.92 Å². The zero-order valence-corrected chi connectivity index (χ0v) is 8.67. The first-order valence-corrected chi connectivity index (χ1v) is 5.45. The number of thiazole rings is 1. The van der Waals surface area contributed by atoms with Crippen LogP contribution in [0.5, 0.6) is 0 Å². The van der Waals surface area contributed by atoms with E-state index in [-0.39, 0.29) is 0 Å². The summed E-state index contributed by atoms with van der Waals surface area (Å²) in [6, 6.07) is -0.249. The van der Waals surface area contributed by atoms with Crippen LogP contribution < -0.4 is 5.32 Å². The van der Waals surface area contributed by atoms with Crippen molar-refractivity contribution in [3.8, 4) is 0 Å². The second kappa shape index (κ2) is 3.67. The van der Waals surface area contributed by atoms with E-state index in [1.54, 1.807) is 0 Å². The molecule has 2 rings (SSSR count). The standard InChI is InChI=1S/C9H12N2O2S/c1-5-4-14-8(10-5)7(9(12)13)11-6-2-3-6/h4,6-7,11H,2-3H2,1H3,(H,12,13). The highest BCUT2D eigenvalue weighted by molar-refractivity contribution is 7.09. The summed E-state index contributed by atoms with van der Waals surface area (Å²) in [5.41, 5.74) is 0.883. The summed E-state index contributed by atoms with van der Waals surface area (Å²) in [5, 5.41) is 14.6. The smallest absolute Gasteiger partial charge is 0.327 e. The van der Waals surface area contributed by atoms with Crippen LogP contribution in [-0.2, 0) is 4.79 Å². The van der Waals surface area contributed by atoms with Gasteiger partial charge in [-0.25, -0.2) is 4.98 Å². The second-order valence-corrected chi connectivity index (χ2v) is 4.43. The van der Waals surface area contributed by atoms with Crippen molar-refractivity contribution in [3.05, 3.63) is 16.1 Å². The van der Waals surface area contributed by atoms with Gasteiger partial charge >= 0.3 is 5.97 Å². The number of hydrogen-bond donors (Lipinski definition) is 2. The van der Waals surface area contributed by atoms with E-state index >= 15 is 0 Å². The van der Waals surface area contributed by atoms with Gasteiger partial charge in [0.1, 0.15) is 5.01 Å². The SMILES string of the molecule is Cc1csc(C(NC2CC2)C(=O)O)n1. The minimum absolute atomic E-state index is 0.375. The fraction of sp³-hybridized carbons (Fsp3) is 0.556. The van der Waals surface area contributed by atoms with Gasteiger partial charge in [-0.05, 0) is 19.8 Å². The Hall–Kier alpha value is -0.940. The molecule has 5 heteroatoms. The number of carboxylic acid groups (broad SMARTS) is 1. The number of nitrogens with one attached hydrogen (secondary N) is 1. The summed E-state index contributed by atoms with van der Waals surface area (Å²) in [6.45, 7) is 1.87. The van der Waals surface area contributed by atoms with Gasteiger partial charge in [-0.1, -0.05) is 0 Å². The third-order valence-corrected chi connectivity index (χ3v) is 3.14. The molecule has 1 atom stereocenters. The Morgan fingerprint density at radius 2 is 2.50 bits per heavy atom. The van der Waals surface area contributed by atoms with E-state index in [1.807, 2.05) is 12.3 Å². The summed E-state index contributed by atoms with van der Waals surface area (Å²) >= 11 is 1.40. The molecule has 14 heavy (non-hydrogen) atoms. The van der Waals surface area contributed by atoms with Gasteiger partial charge in [0.25, 0.3) is 0 Å². The zero-order valence-electron chi connectivity index (χ0n) is 7.86. The van der Waals surface area contributed by atoms with Gasteiger partial charge in [-0.3, -0.25) is 10.1 Å². The minimum atomic E-state index is -0.841. The largest absolute Gasteiger partial charge is 0.480 e. The van der Waals surface area contributed by atoms with Crippen LogP contribution in [0.1, 0.15) is 29.6 Å². The highest BCUT2D eigenvalue weighted by atomic mass is 32.1. The number of carboxylic acids is 1. The van der Waals surface area contributed by atoms with Crippen LogP contribution in [-0.4, -0.2) is 22.1 Å². The van der Waals surface area contributed by atoms with Gasteiger partial charge in [-0.2, -0.15) is 0 Å². The lowest BCUT2D eigenvalue weighted by molar-refractivity contribution is -0.139. The molecule has 0 saturated heterocycles. The first-order chi connectivity index (χ1) is 6.66. The van der Waals surface area contributed by atoms with Gasteiger partial charge in [0.15, 0.2) is 6.04 Å². The van der Waals surface area contributed by atoms with Gasteiger partial charge in [-0.15, -0.1) is 11.3 Å². The van der Waals surface area contributed by atoms with E-state index in [0.29, 0.717) is 11.0 Å². The van der Waals surface area contributed by atoms with Gasteiger partial charge in [0, 0.05) is 17.1 Å². The molecule has 2 N–H and O–H groups in total.